The monoisotopic (exact) mass is 369 g/mol. The van der Waals surface area contributed by atoms with E-state index in [4.69, 9.17) is 13.9 Å². The van der Waals surface area contributed by atoms with Gasteiger partial charge in [0, 0.05) is 16.0 Å². The summed E-state index contributed by atoms with van der Waals surface area (Å²) < 4.78 is 16.1. The first-order valence-corrected chi connectivity index (χ1v) is 8.99. The Morgan fingerprint density at radius 2 is 1.92 bits per heavy atom. The molecule has 0 saturated carbocycles. The van der Waals surface area contributed by atoms with E-state index in [0.29, 0.717) is 22.6 Å². The molecule has 1 aromatic heterocycles. The largest absolute Gasteiger partial charge is 0.454 e. The standard InChI is InChI=1S/C18H15N3O4S/c1-2-26-13-6-3-11(4-7-13)16(22)19-18-21-20-17(25-18)12-5-8-14-15(9-12)24-10-23-14/h3-9H,2,10H2,1H3,(H,19,21,22). The predicted molar refractivity (Wildman–Crippen MR) is 96.7 cm³/mol. The smallest absolute Gasteiger partial charge is 0.322 e. The van der Waals surface area contributed by atoms with Gasteiger partial charge in [-0.25, -0.2) is 0 Å². The average Bonchev–Trinajstić information content (AvgIpc) is 3.31. The third kappa shape index (κ3) is 3.36. The van der Waals surface area contributed by atoms with E-state index >= 15 is 0 Å². The van der Waals surface area contributed by atoms with Crippen LogP contribution in [0.4, 0.5) is 6.01 Å². The average molecular weight is 369 g/mol. The quantitative estimate of drug-likeness (QED) is 0.684. The van der Waals surface area contributed by atoms with Gasteiger partial charge in [0.2, 0.25) is 12.7 Å². The van der Waals surface area contributed by atoms with E-state index < -0.39 is 0 Å². The highest BCUT2D eigenvalue weighted by Gasteiger charge is 2.17. The number of carbonyl (C=O) groups excluding carboxylic acids is 1. The number of hydrogen-bond donors (Lipinski definition) is 1. The van der Waals surface area contributed by atoms with Crippen molar-refractivity contribution in [1.29, 1.82) is 0 Å². The number of fused-ring (bicyclic) bond motifs is 1. The fourth-order valence-electron chi connectivity index (χ4n) is 2.46. The highest BCUT2D eigenvalue weighted by atomic mass is 32.2. The molecule has 0 fully saturated rings. The van der Waals surface area contributed by atoms with E-state index in [9.17, 15) is 4.79 Å². The number of thioether (sulfide) groups is 1. The molecule has 26 heavy (non-hydrogen) atoms. The van der Waals surface area contributed by atoms with E-state index in [1.54, 1.807) is 42.1 Å². The van der Waals surface area contributed by atoms with Crippen molar-refractivity contribution in [3.8, 4) is 23.0 Å². The van der Waals surface area contributed by atoms with Gasteiger partial charge in [-0.15, -0.1) is 16.9 Å². The number of nitrogens with one attached hydrogen (secondary N) is 1. The number of anilines is 1. The van der Waals surface area contributed by atoms with Crippen LogP contribution in [0.2, 0.25) is 0 Å². The number of carbonyl (C=O) groups is 1. The SMILES string of the molecule is CCSc1ccc(C(=O)Nc2nnc(-c3ccc4c(c3)OCO4)o2)cc1. The van der Waals surface area contributed by atoms with Crippen molar-refractivity contribution in [1.82, 2.24) is 10.2 Å². The fraction of sp³-hybridized carbons (Fsp3) is 0.167. The number of benzene rings is 2. The Hall–Kier alpha value is -3.00. The molecule has 132 valence electrons. The van der Waals surface area contributed by atoms with Crippen LogP contribution in [0.1, 0.15) is 17.3 Å². The molecule has 0 bridgehead atoms. The van der Waals surface area contributed by atoms with Crippen molar-refractivity contribution in [3.05, 3.63) is 48.0 Å². The molecule has 2 aromatic carbocycles. The van der Waals surface area contributed by atoms with Gasteiger partial charge >= 0.3 is 6.01 Å². The first-order valence-electron chi connectivity index (χ1n) is 8.00. The third-order valence-corrected chi connectivity index (χ3v) is 4.59. The second kappa shape index (κ2) is 7.09. The van der Waals surface area contributed by atoms with Crippen molar-refractivity contribution in [2.45, 2.75) is 11.8 Å². The Labute approximate surface area is 153 Å². The molecule has 7 nitrogen and oxygen atoms in total. The zero-order chi connectivity index (χ0) is 17.9. The molecule has 3 aromatic rings. The number of amides is 1. The van der Waals surface area contributed by atoms with Crippen LogP contribution >= 0.6 is 11.8 Å². The first-order chi connectivity index (χ1) is 12.7. The zero-order valence-electron chi connectivity index (χ0n) is 13.9. The summed E-state index contributed by atoms with van der Waals surface area (Å²) in [5, 5.41) is 10.5. The number of aromatic nitrogens is 2. The normalized spacial score (nSPS) is 12.2. The van der Waals surface area contributed by atoms with Crippen molar-refractivity contribution >= 4 is 23.7 Å². The summed E-state index contributed by atoms with van der Waals surface area (Å²) in [6.45, 7) is 2.28. The van der Waals surface area contributed by atoms with E-state index in [1.165, 1.54) is 0 Å². The Morgan fingerprint density at radius 1 is 1.12 bits per heavy atom. The van der Waals surface area contributed by atoms with Crippen LogP contribution in [-0.4, -0.2) is 28.7 Å². The van der Waals surface area contributed by atoms with Gasteiger partial charge in [-0.05, 0) is 48.2 Å². The van der Waals surface area contributed by atoms with Gasteiger partial charge in [-0.3, -0.25) is 10.1 Å². The second-order valence-corrected chi connectivity index (χ2v) is 6.73. The summed E-state index contributed by atoms with van der Waals surface area (Å²) >= 11 is 1.72. The molecular formula is C18H15N3O4S. The Kier molecular flexibility index (Phi) is 4.49. The van der Waals surface area contributed by atoms with E-state index in [1.807, 2.05) is 12.1 Å². The van der Waals surface area contributed by atoms with Gasteiger partial charge < -0.3 is 13.9 Å². The summed E-state index contributed by atoms with van der Waals surface area (Å²) in [6.07, 6.45) is 0. The Bertz CT molecular complexity index is 940. The Balaban J connectivity index is 1.47. The molecular weight excluding hydrogens is 354 g/mol. The highest BCUT2D eigenvalue weighted by Crippen LogP contribution is 2.35. The van der Waals surface area contributed by atoms with E-state index in [2.05, 4.69) is 22.4 Å². The van der Waals surface area contributed by atoms with Crippen molar-refractivity contribution < 1.29 is 18.7 Å². The lowest BCUT2D eigenvalue weighted by atomic mass is 10.2. The summed E-state index contributed by atoms with van der Waals surface area (Å²) in [4.78, 5) is 13.4. The lowest BCUT2D eigenvalue weighted by Crippen LogP contribution is -2.11. The van der Waals surface area contributed by atoms with Crippen LogP contribution in [-0.2, 0) is 0 Å². The maximum atomic E-state index is 12.3. The molecule has 0 atom stereocenters. The van der Waals surface area contributed by atoms with Gasteiger partial charge in [-0.1, -0.05) is 12.0 Å². The molecule has 2 heterocycles. The minimum Gasteiger partial charge on any atom is -0.454 e. The van der Waals surface area contributed by atoms with Crippen LogP contribution < -0.4 is 14.8 Å². The van der Waals surface area contributed by atoms with Gasteiger partial charge in [-0.2, -0.15) is 0 Å². The number of ether oxygens (including phenoxy) is 2. The lowest BCUT2D eigenvalue weighted by molar-refractivity contribution is 0.102. The second-order valence-electron chi connectivity index (χ2n) is 5.39. The minimum absolute atomic E-state index is 0.0367. The molecule has 0 unspecified atom stereocenters. The van der Waals surface area contributed by atoms with Gasteiger partial charge in [0.05, 0.1) is 0 Å². The predicted octanol–water partition coefficient (Wildman–Crippen LogP) is 3.83. The van der Waals surface area contributed by atoms with Crippen molar-refractivity contribution in [3.63, 3.8) is 0 Å². The molecule has 0 saturated heterocycles. The highest BCUT2D eigenvalue weighted by molar-refractivity contribution is 7.99. The summed E-state index contributed by atoms with van der Waals surface area (Å²) in [5.41, 5.74) is 1.21. The third-order valence-electron chi connectivity index (χ3n) is 3.69. The molecule has 0 spiro atoms. The summed E-state index contributed by atoms with van der Waals surface area (Å²) in [5.74, 6) is 2.26. The molecule has 1 aliphatic heterocycles. The van der Waals surface area contributed by atoms with E-state index in [0.717, 1.165) is 10.6 Å². The molecule has 8 heteroatoms. The van der Waals surface area contributed by atoms with Crippen molar-refractivity contribution in [2.75, 3.05) is 17.9 Å². The molecule has 1 aliphatic rings. The maximum absolute atomic E-state index is 12.3. The van der Waals surface area contributed by atoms with Gasteiger partial charge in [0.25, 0.3) is 5.91 Å². The molecule has 1 amide bonds. The topological polar surface area (TPSA) is 86.5 Å². The molecule has 4 rings (SSSR count). The summed E-state index contributed by atoms with van der Waals surface area (Å²) in [7, 11) is 0. The number of rotatable bonds is 5. The van der Waals surface area contributed by atoms with Crippen LogP contribution in [0.5, 0.6) is 11.5 Å². The van der Waals surface area contributed by atoms with Crippen LogP contribution in [0.15, 0.2) is 51.8 Å². The minimum atomic E-state index is -0.307. The zero-order valence-corrected chi connectivity index (χ0v) is 14.7. The number of nitrogens with zero attached hydrogens (tertiary/aromatic N) is 2. The lowest BCUT2D eigenvalue weighted by Gasteiger charge is -2.02. The van der Waals surface area contributed by atoms with Crippen LogP contribution in [0.3, 0.4) is 0 Å². The molecule has 1 N–H and O–H groups in total. The maximum Gasteiger partial charge on any atom is 0.322 e. The molecule has 0 radical (unpaired) electrons. The van der Waals surface area contributed by atoms with Gasteiger partial charge in [0.1, 0.15) is 0 Å². The Morgan fingerprint density at radius 3 is 2.73 bits per heavy atom. The van der Waals surface area contributed by atoms with E-state index in [-0.39, 0.29) is 24.6 Å². The number of hydrogen-bond acceptors (Lipinski definition) is 7. The van der Waals surface area contributed by atoms with Crippen LogP contribution in [0, 0.1) is 0 Å². The molecule has 0 aliphatic carbocycles. The van der Waals surface area contributed by atoms with Crippen molar-refractivity contribution in [2.24, 2.45) is 0 Å². The summed E-state index contributed by atoms with van der Waals surface area (Å²) in [6, 6.07) is 12.7. The van der Waals surface area contributed by atoms with Crippen LogP contribution in [0.25, 0.3) is 11.5 Å². The fourth-order valence-corrected chi connectivity index (χ4v) is 3.12. The van der Waals surface area contributed by atoms with Gasteiger partial charge in [0.15, 0.2) is 11.5 Å². The first kappa shape index (κ1) is 16.5.